The van der Waals surface area contributed by atoms with Crippen molar-refractivity contribution in [1.29, 1.82) is 0 Å². The monoisotopic (exact) mass is 246 g/mol. The third kappa shape index (κ3) is 4.15. The van der Waals surface area contributed by atoms with Gasteiger partial charge in [-0.25, -0.2) is 0 Å². The van der Waals surface area contributed by atoms with Gasteiger partial charge in [0.1, 0.15) is 0 Å². The Bertz CT molecular complexity index is 247. The molecule has 0 spiro atoms. The second-order valence-electron chi connectivity index (χ2n) is 5.25. The molecule has 1 fully saturated rings. The fourth-order valence-electron chi connectivity index (χ4n) is 2.31. The van der Waals surface area contributed by atoms with Gasteiger partial charge in [-0.15, -0.1) is 0 Å². The Hall–Kier alpha value is 0.0700. The van der Waals surface area contributed by atoms with Crippen LogP contribution in [0, 0.1) is 0 Å². The topological polar surface area (TPSA) is 32.3 Å². The lowest BCUT2D eigenvalue weighted by atomic mass is 9.98. The van der Waals surface area contributed by atoms with Gasteiger partial charge in [-0.05, 0) is 39.8 Å². The molecule has 96 valence electrons. The molecule has 0 saturated carbocycles. The van der Waals surface area contributed by atoms with Crippen LogP contribution >= 0.6 is 0 Å². The van der Waals surface area contributed by atoms with Crippen molar-refractivity contribution < 1.29 is 4.21 Å². The van der Waals surface area contributed by atoms with Crippen LogP contribution < -0.4 is 5.32 Å². The Morgan fingerprint density at radius 2 is 2.25 bits per heavy atom. The zero-order valence-corrected chi connectivity index (χ0v) is 11.9. The number of hydrogen-bond acceptors (Lipinski definition) is 3. The van der Waals surface area contributed by atoms with Crippen LogP contribution in [-0.2, 0) is 10.8 Å². The molecular weight excluding hydrogens is 220 g/mol. The van der Waals surface area contributed by atoms with E-state index in [0.29, 0.717) is 6.04 Å². The van der Waals surface area contributed by atoms with Gasteiger partial charge in [-0.2, -0.15) is 0 Å². The third-order valence-corrected chi connectivity index (χ3v) is 4.56. The van der Waals surface area contributed by atoms with E-state index < -0.39 is 10.8 Å². The summed E-state index contributed by atoms with van der Waals surface area (Å²) in [6.07, 6.45) is 4.13. The van der Waals surface area contributed by atoms with Gasteiger partial charge in [-0.3, -0.25) is 9.11 Å². The summed E-state index contributed by atoms with van der Waals surface area (Å²) >= 11 is 0. The van der Waals surface area contributed by atoms with E-state index in [1.54, 1.807) is 6.26 Å². The lowest BCUT2D eigenvalue weighted by Gasteiger charge is -2.35. The van der Waals surface area contributed by atoms with E-state index in [-0.39, 0.29) is 5.54 Å². The first kappa shape index (κ1) is 14.1. The van der Waals surface area contributed by atoms with Crippen LogP contribution in [0.1, 0.15) is 33.6 Å². The average molecular weight is 246 g/mol. The van der Waals surface area contributed by atoms with Crippen molar-refractivity contribution in [2.75, 3.05) is 31.6 Å². The van der Waals surface area contributed by atoms with Crippen LogP contribution in [0.4, 0.5) is 0 Å². The summed E-state index contributed by atoms with van der Waals surface area (Å²) in [5, 5.41) is 3.63. The lowest BCUT2D eigenvalue weighted by molar-refractivity contribution is 0.180. The molecule has 1 aliphatic heterocycles. The summed E-state index contributed by atoms with van der Waals surface area (Å²) in [6, 6.07) is 0.427. The van der Waals surface area contributed by atoms with Gasteiger partial charge in [0.05, 0.1) is 0 Å². The summed E-state index contributed by atoms with van der Waals surface area (Å²) in [5.41, 5.74) is 0.222. The first-order chi connectivity index (χ1) is 7.47. The van der Waals surface area contributed by atoms with Crippen LogP contribution in [0.25, 0.3) is 0 Å². The van der Waals surface area contributed by atoms with E-state index in [0.717, 1.165) is 31.8 Å². The SMILES string of the molecule is CCC1(C)CN(C(C)CS(C)=O)CCCN1. The maximum Gasteiger partial charge on any atom is 0.0385 e. The first-order valence-electron chi connectivity index (χ1n) is 6.26. The highest BCUT2D eigenvalue weighted by Crippen LogP contribution is 2.17. The summed E-state index contributed by atoms with van der Waals surface area (Å²) in [4.78, 5) is 2.49. The molecule has 1 N–H and O–H groups in total. The zero-order chi connectivity index (χ0) is 12.2. The smallest absolute Gasteiger partial charge is 0.0385 e. The molecule has 0 radical (unpaired) electrons. The van der Waals surface area contributed by atoms with Gasteiger partial charge in [0.2, 0.25) is 0 Å². The number of hydrogen-bond donors (Lipinski definition) is 1. The fraction of sp³-hybridized carbons (Fsp3) is 1.00. The molecule has 3 nitrogen and oxygen atoms in total. The molecule has 1 saturated heterocycles. The number of rotatable bonds is 4. The lowest BCUT2D eigenvalue weighted by Crippen LogP contribution is -2.51. The van der Waals surface area contributed by atoms with Crippen LogP contribution in [0.2, 0.25) is 0 Å². The average Bonchev–Trinajstić information content (AvgIpc) is 2.40. The Kier molecular flexibility index (Phi) is 5.41. The van der Waals surface area contributed by atoms with Crippen molar-refractivity contribution in [3.63, 3.8) is 0 Å². The Morgan fingerprint density at radius 1 is 1.56 bits per heavy atom. The molecule has 0 bridgehead atoms. The number of nitrogens with one attached hydrogen (secondary N) is 1. The molecule has 1 aliphatic rings. The summed E-state index contributed by atoms with van der Waals surface area (Å²) in [7, 11) is -0.692. The van der Waals surface area contributed by atoms with Crippen molar-refractivity contribution >= 4 is 10.8 Å². The largest absolute Gasteiger partial charge is 0.310 e. The molecule has 3 unspecified atom stereocenters. The quantitative estimate of drug-likeness (QED) is 0.809. The molecule has 0 amide bonds. The standard InChI is InChI=1S/C12H26N2OS/c1-5-12(3)10-14(8-6-7-13-12)11(2)9-16(4)15/h11,13H,5-10H2,1-4H3. The maximum absolute atomic E-state index is 11.3. The van der Waals surface area contributed by atoms with E-state index >= 15 is 0 Å². The first-order valence-corrected chi connectivity index (χ1v) is 7.98. The van der Waals surface area contributed by atoms with Crippen LogP contribution in [0.15, 0.2) is 0 Å². The van der Waals surface area contributed by atoms with E-state index in [1.807, 2.05) is 0 Å². The van der Waals surface area contributed by atoms with Gasteiger partial charge >= 0.3 is 0 Å². The minimum Gasteiger partial charge on any atom is -0.310 e. The highest BCUT2D eigenvalue weighted by Gasteiger charge is 2.29. The molecule has 0 aromatic rings. The predicted octanol–water partition coefficient (Wildman–Crippen LogP) is 1.22. The summed E-state index contributed by atoms with van der Waals surface area (Å²) in [6.45, 7) is 10.0. The second kappa shape index (κ2) is 6.12. The maximum atomic E-state index is 11.3. The van der Waals surface area contributed by atoms with Crippen LogP contribution in [0.5, 0.6) is 0 Å². The third-order valence-electron chi connectivity index (χ3n) is 3.61. The molecule has 1 rings (SSSR count). The van der Waals surface area contributed by atoms with Gasteiger partial charge in [0.15, 0.2) is 0 Å². The zero-order valence-electron chi connectivity index (χ0n) is 11.1. The van der Waals surface area contributed by atoms with Crippen LogP contribution in [0.3, 0.4) is 0 Å². The van der Waals surface area contributed by atoms with E-state index in [2.05, 4.69) is 31.0 Å². The molecule has 4 heteroatoms. The van der Waals surface area contributed by atoms with E-state index in [9.17, 15) is 4.21 Å². The summed E-state index contributed by atoms with van der Waals surface area (Å²) < 4.78 is 11.3. The normalized spacial score (nSPS) is 32.0. The number of nitrogens with zero attached hydrogens (tertiary/aromatic N) is 1. The van der Waals surface area contributed by atoms with Gasteiger partial charge in [0, 0.05) is 40.9 Å². The highest BCUT2D eigenvalue weighted by molar-refractivity contribution is 7.84. The van der Waals surface area contributed by atoms with Gasteiger partial charge < -0.3 is 5.32 Å². The van der Waals surface area contributed by atoms with Crippen LogP contribution in [-0.4, -0.2) is 52.3 Å². The highest BCUT2D eigenvalue weighted by atomic mass is 32.2. The molecule has 16 heavy (non-hydrogen) atoms. The molecule has 1 heterocycles. The Labute approximate surface area is 102 Å². The van der Waals surface area contributed by atoms with E-state index in [1.165, 1.54) is 6.42 Å². The second-order valence-corrected chi connectivity index (χ2v) is 6.73. The summed E-state index contributed by atoms with van der Waals surface area (Å²) in [5.74, 6) is 0.791. The van der Waals surface area contributed by atoms with Crippen molar-refractivity contribution in [1.82, 2.24) is 10.2 Å². The van der Waals surface area contributed by atoms with Gasteiger partial charge in [-0.1, -0.05) is 6.92 Å². The minimum absolute atomic E-state index is 0.222. The van der Waals surface area contributed by atoms with Crippen molar-refractivity contribution in [3.8, 4) is 0 Å². The van der Waals surface area contributed by atoms with Gasteiger partial charge in [0.25, 0.3) is 0 Å². The molecule has 0 aromatic heterocycles. The predicted molar refractivity (Wildman–Crippen MR) is 71.3 cm³/mol. The van der Waals surface area contributed by atoms with Crippen molar-refractivity contribution in [3.05, 3.63) is 0 Å². The minimum atomic E-state index is -0.692. The molecule has 0 aliphatic carbocycles. The molecular formula is C12H26N2OS. The molecule has 0 aromatic carbocycles. The van der Waals surface area contributed by atoms with Crippen molar-refractivity contribution in [2.24, 2.45) is 0 Å². The Morgan fingerprint density at radius 3 is 2.81 bits per heavy atom. The van der Waals surface area contributed by atoms with Crippen molar-refractivity contribution in [2.45, 2.75) is 45.2 Å². The Balaban J connectivity index is 2.61. The fourth-order valence-corrected chi connectivity index (χ4v) is 3.20. The molecule has 3 atom stereocenters. The van der Waals surface area contributed by atoms with E-state index in [4.69, 9.17) is 0 Å².